The number of hydrogen-bond acceptors (Lipinski definition) is 1. The van der Waals surface area contributed by atoms with Gasteiger partial charge in [-0.2, -0.15) is 0 Å². The molecule has 0 radical (unpaired) electrons. The van der Waals surface area contributed by atoms with Crippen molar-refractivity contribution in [3.63, 3.8) is 0 Å². The first-order valence-corrected chi connectivity index (χ1v) is 6.34. The van der Waals surface area contributed by atoms with Crippen LogP contribution in [0.1, 0.15) is 31.9 Å². The van der Waals surface area contributed by atoms with E-state index in [2.05, 4.69) is 54.9 Å². The number of aliphatic imine (C=N–C) groups is 1. The lowest BCUT2D eigenvalue weighted by molar-refractivity contribution is 0.458. The van der Waals surface area contributed by atoms with Crippen molar-refractivity contribution in [2.75, 3.05) is 13.1 Å². The standard InChI is InChI=1S/C14H23N3.HI/c1-4-12-9-7-8-10-13(12)11-16-14(15)17(5-2)6-3;/h7-10H,4-6,11H2,1-3H3,(H2,15,16);1H. The van der Waals surface area contributed by atoms with Crippen molar-refractivity contribution in [2.24, 2.45) is 10.7 Å². The first-order chi connectivity index (χ1) is 8.22. The molecule has 3 nitrogen and oxygen atoms in total. The van der Waals surface area contributed by atoms with E-state index in [1.807, 2.05) is 0 Å². The SMILES string of the molecule is CCc1ccccc1CN=C(N)N(CC)CC.I. The molecule has 102 valence electrons. The van der Waals surface area contributed by atoms with E-state index in [-0.39, 0.29) is 24.0 Å². The molecule has 1 aromatic carbocycles. The van der Waals surface area contributed by atoms with Crippen LogP contribution in [0.5, 0.6) is 0 Å². The van der Waals surface area contributed by atoms with Gasteiger partial charge in [0.15, 0.2) is 5.96 Å². The molecular formula is C14H24IN3. The van der Waals surface area contributed by atoms with Crippen molar-refractivity contribution < 1.29 is 0 Å². The van der Waals surface area contributed by atoms with Crippen molar-refractivity contribution in [1.82, 2.24) is 4.90 Å². The highest BCUT2D eigenvalue weighted by molar-refractivity contribution is 14.0. The van der Waals surface area contributed by atoms with E-state index in [1.54, 1.807) is 0 Å². The van der Waals surface area contributed by atoms with Crippen LogP contribution in [0.25, 0.3) is 0 Å². The maximum atomic E-state index is 5.95. The fourth-order valence-electron chi connectivity index (χ4n) is 1.87. The maximum Gasteiger partial charge on any atom is 0.191 e. The summed E-state index contributed by atoms with van der Waals surface area (Å²) in [6.45, 7) is 8.82. The molecule has 0 aromatic heterocycles. The van der Waals surface area contributed by atoms with Gasteiger partial charge in [0.25, 0.3) is 0 Å². The smallest absolute Gasteiger partial charge is 0.191 e. The average molecular weight is 361 g/mol. The zero-order valence-electron chi connectivity index (χ0n) is 11.5. The highest BCUT2D eigenvalue weighted by Gasteiger charge is 2.03. The summed E-state index contributed by atoms with van der Waals surface area (Å²) in [6.07, 6.45) is 1.04. The van der Waals surface area contributed by atoms with Gasteiger partial charge in [0.2, 0.25) is 0 Å². The van der Waals surface area contributed by atoms with Gasteiger partial charge in [-0.05, 0) is 31.4 Å². The molecule has 0 saturated carbocycles. The number of hydrogen-bond donors (Lipinski definition) is 1. The molecule has 0 aliphatic carbocycles. The van der Waals surface area contributed by atoms with E-state index in [0.717, 1.165) is 19.5 Å². The Bertz CT molecular complexity index is 373. The predicted octanol–water partition coefficient (Wildman–Crippen LogP) is 3.02. The minimum atomic E-state index is 0. The van der Waals surface area contributed by atoms with Gasteiger partial charge in [-0.1, -0.05) is 31.2 Å². The Morgan fingerprint density at radius 1 is 1.11 bits per heavy atom. The van der Waals surface area contributed by atoms with E-state index in [4.69, 9.17) is 5.73 Å². The Hall–Kier alpha value is -0.780. The van der Waals surface area contributed by atoms with Crippen LogP contribution < -0.4 is 5.73 Å². The second-order valence-corrected chi connectivity index (χ2v) is 3.97. The normalized spacial score (nSPS) is 10.9. The van der Waals surface area contributed by atoms with Gasteiger partial charge in [0.1, 0.15) is 0 Å². The fourth-order valence-corrected chi connectivity index (χ4v) is 1.87. The van der Waals surface area contributed by atoms with Crippen LogP contribution in [0.3, 0.4) is 0 Å². The quantitative estimate of drug-likeness (QED) is 0.498. The third-order valence-corrected chi connectivity index (χ3v) is 3.00. The van der Waals surface area contributed by atoms with Crippen molar-refractivity contribution >= 4 is 29.9 Å². The summed E-state index contributed by atoms with van der Waals surface area (Å²) < 4.78 is 0. The second-order valence-electron chi connectivity index (χ2n) is 3.97. The molecule has 1 aromatic rings. The highest BCUT2D eigenvalue weighted by Crippen LogP contribution is 2.10. The molecule has 0 saturated heterocycles. The summed E-state index contributed by atoms with van der Waals surface area (Å²) in [5, 5.41) is 0. The molecule has 4 heteroatoms. The molecule has 0 spiro atoms. The number of benzene rings is 1. The highest BCUT2D eigenvalue weighted by atomic mass is 127. The summed E-state index contributed by atoms with van der Waals surface area (Å²) in [5.41, 5.74) is 8.57. The lowest BCUT2D eigenvalue weighted by atomic mass is 10.1. The molecule has 18 heavy (non-hydrogen) atoms. The van der Waals surface area contributed by atoms with Gasteiger partial charge >= 0.3 is 0 Å². The molecule has 0 unspecified atom stereocenters. The van der Waals surface area contributed by atoms with Gasteiger partial charge in [0, 0.05) is 13.1 Å². The van der Waals surface area contributed by atoms with E-state index in [9.17, 15) is 0 Å². The van der Waals surface area contributed by atoms with Crippen molar-refractivity contribution in [1.29, 1.82) is 0 Å². The van der Waals surface area contributed by atoms with E-state index in [1.165, 1.54) is 11.1 Å². The summed E-state index contributed by atoms with van der Waals surface area (Å²) in [4.78, 5) is 6.53. The van der Waals surface area contributed by atoms with Crippen molar-refractivity contribution in [2.45, 2.75) is 33.7 Å². The molecule has 0 fully saturated rings. The zero-order valence-corrected chi connectivity index (χ0v) is 13.8. The number of nitrogens with two attached hydrogens (primary N) is 1. The third-order valence-electron chi connectivity index (χ3n) is 3.00. The molecule has 0 heterocycles. The summed E-state index contributed by atoms with van der Waals surface area (Å²) in [7, 11) is 0. The van der Waals surface area contributed by atoms with Crippen LogP contribution in [0.2, 0.25) is 0 Å². The molecule has 0 aliphatic heterocycles. The first-order valence-electron chi connectivity index (χ1n) is 6.34. The number of guanidine groups is 1. The molecular weight excluding hydrogens is 337 g/mol. The minimum absolute atomic E-state index is 0. The molecule has 1 rings (SSSR count). The number of rotatable bonds is 5. The van der Waals surface area contributed by atoms with E-state index < -0.39 is 0 Å². The molecule has 2 N–H and O–H groups in total. The van der Waals surface area contributed by atoms with Crippen molar-refractivity contribution in [3.05, 3.63) is 35.4 Å². The maximum absolute atomic E-state index is 5.95. The third kappa shape index (κ3) is 4.84. The Morgan fingerprint density at radius 2 is 1.67 bits per heavy atom. The number of halogens is 1. The van der Waals surface area contributed by atoms with Crippen LogP contribution in [0, 0.1) is 0 Å². The molecule has 0 aliphatic rings. The summed E-state index contributed by atoms with van der Waals surface area (Å²) in [6, 6.07) is 8.40. The minimum Gasteiger partial charge on any atom is -0.370 e. The van der Waals surface area contributed by atoms with Gasteiger partial charge in [-0.25, -0.2) is 4.99 Å². The molecule has 0 bridgehead atoms. The average Bonchev–Trinajstić information content (AvgIpc) is 2.38. The molecule has 0 amide bonds. The lowest BCUT2D eigenvalue weighted by Crippen LogP contribution is -2.37. The first kappa shape index (κ1) is 17.2. The topological polar surface area (TPSA) is 41.6 Å². The van der Waals surface area contributed by atoms with Crippen LogP contribution in [0.4, 0.5) is 0 Å². The van der Waals surface area contributed by atoms with Crippen molar-refractivity contribution in [3.8, 4) is 0 Å². The monoisotopic (exact) mass is 361 g/mol. The predicted molar refractivity (Wildman–Crippen MR) is 89.5 cm³/mol. The fraction of sp³-hybridized carbons (Fsp3) is 0.500. The Labute approximate surface area is 127 Å². The van der Waals surface area contributed by atoms with Gasteiger partial charge in [-0.3, -0.25) is 0 Å². The van der Waals surface area contributed by atoms with Crippen LogP contribution in [-0.4, -0.2) is 23.9 Å². The van der Waals surface area contributed by atoms with Gasteiger partial charge in [-0.15, -0.1) is 24.0 Å². The van der Waals surface area contributed by atoms with Gasteiger partial charge < -0.3 is 10.6 Å². The largest absolute Gasteiger partial charge is 0.370 e. The zero-order chi connectivity index (χ0) is 12.7. The molecule has 0 atom stereocenters. The second kappa shape index (κ2) is 9.19. The van der Waals surface area contributed by atoms with E-state index in [0.29, 0.717) is 12.5 Å². The Kier molecular flexibility index (Phi) is 8.79. The van der Waals surface area contributed by atoms with Crippen LogP contribution in [-0.2, 0) is 13.0 Å². The number of nitrogens with zero attached hydrogens (tertiary/aromatic N) is 2. The summed E-state index contributed by atoms with van der Waals surface area (Å²) >= 11 is 0. The van der Waals surface area contributed by atoms with Crippen LogP contribution >= 0.6 is 24.0 Å². The number of aryl methyl sites for hydroxylation is 1. The Morgan fingerprint density at radius 3 is 2.17 bits per heavy atom. The van der Waals surface area contributed by atoms with Gasteiger partial charge in [0.05, 0.1) is 6.54 Å². The summed E-state index contributed by atoms with van der Waals surface area (Å²) in [5.74, 6) is 0.640. The Balaban J connectivity index is 0.00000289. The van der Waals surface area contributed by atoms with Crippen LogP contribution in [0.15, 0.2) is 29.3 Å². The van der Waals surface area contributed by atoms with E-state index >= 15 is 0 Å². The lowest BCUT2D eigenvalue weighted by Gasteiger charge is -2.19.